The molecule has 0 N–H and O–H groups in total. The summed E-state index contributed by atoms with van der Waals surface area (Å²) in [6.45, 7) is 0.335. The van der Waals surface area contributed by atoms with Gasteiger partial charge in [-0.25, -0.2) is 9.69 Å². The van der Waals surface area contributed by atoms with Gasteiger partial charge in [0.1, 0.15) is 13.2 Å². The van der Waals surface area contributed by atoms with Crippen LogP contribution in [0.2, 0.25) is 0 Å². The number of carbonyl (C=O) groups is 3. The van der Waals surface area contributed by atoms with E-state index in [1.807, 2.05) is 91.0 Å². The van der Waals surface area contributed by atoms with E-state index in [4.69, 9.17) is 9.47 Å². The first-order valence-corrected chi connectivity index (χ1v) is 11.4. The number of ether oxygens (including phenoxy) is 2. The summed E-state index contributed by atoms with van der Waals surface area (Å²) in [4.78, 5) is 39.5. The van der Waals surface area contributed by atoms with Crippen LogP contribution >= 0.6 is 0 Å². The molecule has 1 heterocycles. The predicted octanol–water partition coefficient (Wildman–Crippen LogP) is 4.88. The maximum atomic E-state index is 13.3. The van der Waals surface area contributed by atoms with Crippen molar-refractivity contribution in [3.05, 3.63) is 108 Å². The first-order valence-electron chi connectivity index (χ1n) is 11.4. The fraction of sp³-hybridized carbons (Fsp3) is 0.250. The summed E-state index contributed by atoms with van der Waals surface area (Å²) in [5.74, 6) is -1.16. The van der Waals surface area contributed by atoms with Crippen molar-refractivity contribution in [1.82, 2.24) is 4.90 Å². The van der Waals surface area contributed by atoms with Crippen LogP contribution in [0.4, 0.5) is 4.79 Å². The summed E-state index contributed by atoms with van der Waals surface area (Å²) in [5, 5.41) is 0. The summed E-state index contributed by atoms with van der Waals surface area (Å²) in [5.41, 5.74) is 2.76. The molecule has 2 atom stereocenters. The van der Waals surface area contributed by atoms with Crippen molar-refractivity contribution in [3.8, 4) is 0 Å². The molecule has 174 valence electrons. The number of hydrogen-bond donors (Lipinski definition) is 0. The van der Waals surface area contributed by atoms with Crippen molar-refractivity contribution < 1.29 is 23.9 Å². The van der Waals surface area contributed by atoms with Crippen molar-refractivity contribution >= 4 is 18.0 Å². The summed E-state index contributed by atoms with van der Waals surface area (Å²) in [6, 6.07) is 28.1. The van der Waals surface area contributed by atoms with E-state index in [9.17, 15) is 14.4 Å². The lowest BCUT2D eigenvalue weighted by Crippen LogP contribution is -2.40. The molecule has 1 aliphatic heterocycles. The number of cyclic esters (lactones) is 1. The van der Waals surface area contributed by atoms with Gasteiger partial charge in [0.25, 0.3) is 0 Å². The van der Waals surface area contributed by atoms with Crippen LogP contribution in [0.5, 0.6) is 0 Å². The Morgan fingerprint density at radius 3 is 2.09 bits per heavy atom. The van der Waals surface area contributed by atoms with Crippen molar-refractivity contribution in [2.75, 3.05) is 6.61 Å². The highest BCUT2D eigenvalue weighted by Crippen LogP contribution is 2.27. The third-order valence-corrected chi connectivity index (χ3v) is 5.89. The van der Waals surface area contributed by atoms with Crippen LogP contribution in [0.15, 0.2) is 91.0 Å². The standard InChI is InChI=1S/C28H27NO5/c30-26(29-25(20-34-28(29)32)16-21-10-4-1-5-11-21)17-24(23-14-8-3-9-15-23)18-27(31)33-19-22-12-6-2-7-13-22/h1-15,24-25H,16-20H2/t24-,25-/m0/s1. The molecule has 0 aliphatic carbocycles. The largest absolute Gasteiger partial charge is 0.461 e. The molecule has 0 unspecified atom stereocenters. The lowest BCUT2D eigenvalue weighted by atomic mass is 9.91. The Hall–Kier alpha value is -3.93. The van der Waals surface area contributed by atoms with Crippen molar-refractivity contribution in [3.63, 3.8) is 0 Å². The topological polar surface area (TPSA) is 72.9 Å². The molecule has 6 heteroatoms. The Labute approximate surface area is 199 Å². The molecule has 1 aliphatic rings. The zero-order chi connectivity index (χ0) is 23.8. The molecule has 3 aromatic rings. The van der Waals surface area contributed by atoms with Crippen molar-refractivity contribution in [1.29, 1.82) is 0 Å². The minimum atomic E-state index is -0.635. The van der Waals surface area contributed by atoms with Gasteiger partial charge in [0.2, 0.25) is 5.91 Å². The zero-order valence-electron chi connectivity index (χ0n) is 18.8. The minimum Gasteiger partial charge on any atom is -0.461 e. The smallest absolute Gasteiger partial charge is 0.416 e. The van der Waals surface area contributed by atoms with Crippen LogP contribution in [0.3, 0.4) is 0 Å². The number of nitrogens with zero attached hydrogens (tertiary/aromatic N) is 1. The number of imide groups is 1. The van der Waals surface area contributed by atoms with E-state index in [1.54, 1.807) is 0 Å². The number of rotatable bonds is 9. The molecule has 0 radical (unpaired) electrons. The van der Waals surface area contributed by atoms with E-state index in [0.717, 1.165) is 16.7 Å². The summed E-state index contributed by atoms with van der Waals surface area (Å²) in [6.07, 6.45) is -0.0722. The highest BCUT2D eigenvalue weighted by molar-refractivity contribution is 5.94. The van der Waals surface area contributed by atoms with E-state index in [-0.39, 0.29) is 38.0 Å². The number of carbonyl (C=O) groups excluding carboxylic acids is 3. The Morgan fingerprint density at radius 2 is 1.44 bits per heavy atom. The van der Waals surface area contributed by atoms with E-state index >= 15 is 0 Å². The van der Waals surface area contributed by atoms with Crippen LogP contribution < -0.4 is 0 Å². The molecule has 0 bridgehead atoms. The Bertz CT molecular complexity index is 1100. The maximum Gasteiger partial charge on any atom is 0.416 e. The third-order valence-electron chi connectivity index (χ3n) is 5.89. The summed E-state index contributed by atoms with van der Waals surface area (Å²) >= 11 is 0. The average molecular weight is 458 g/mol. The van der Waals surface area contributed by atoms with Gasteiger partial charge in [-0.2, -0.15) is 0 Å². The lowest BCUT2D eigenvalue weighted by Gasteiger charge is -2.23. The van der Waals surface area contributed by atoms with Gasteiger partial charge in [0, 0.05) is 12.3 Å². The molecule has 3 aromatic carbocycles. The van der Waals surface area contributed by atoms with Crippen LogP contribution in [0, 0.1) is 0 Å². The molecular formula is C28H27NO5. The van der Waals surface area contributed by atoms with Crippen molar-refractivity contribution in [2.45, 2.75) is 37.8 Å². The van der Waals surface area contributed by atoms with Gasteiger partial charge in [0.15, 0.2) is 0 Å². The summed E-state index contributed by atoms with van der Waals surface area (Å²) < 4.78 is 10.7. The average Bonchev–Trinajstić information content (AvgIpc) is 3.24. The molecule has 1 fully saturated rings. The molecule has 1 saturated heterocycles. The van der Waals surface area contributed by atoms with Gasteiger partial charge in [0.05, 0.1) is 12.5 Å². The van der Waals surface area contributed by atoms with E-state index in [1.165, 1.54) is 4.90 Å². The van der Waals surface area contributed by atoms with Gasteiger partial charge >= 0.3 is 12.1 Å². The van der Waals surface area contributed by atoms with Gasteiger partial charge in [-0.1, -0.05) is 91.0 Å². The fourth-order valence-corrected chi connectivity index (χ4v) is 4.14. The number of esters is 1. The van der Waals surface area contributed by atoms with Crippen LogP contribution in [0.1, 0.15) is 35.4 Å². The second-order valence-corrected chi connectivity index (χ2v) is 8.35. The van der Waals surface area contributed by atoms with Crippen LogP contribution in [-0.4, -0.2) is 35.5 Å². The van der Waals surface area contributed by atoms with E-state index in [0.29, 0.717) is 6.42 Å². The number of benzene rings is 3. The molecule has 0 aromatic heterocycles. The van der Waals surface area contributed by atoms with Gasteiger partial charge in [-0.3, -0.25) is 9.59 Å². The molecule has 4 rings (SSSR count). The predicted molar refractivity (Wildman–Crippen MR) is 127 cm³/mol. The molecule has 0 spiro atoms. The third kappa shape index (κ3) is 6.10. The maximum absolute atomic E-state index is 13.3. The second-order valence-electron chi connectivity index (χ2n) is 8.35. The summed E-state index contributed by atoms with van der Waals surface area (Å²) in [7, 11) is 0. The van der Waals surface area contributed by atoms with Crippen LogP contribution in [-0.2, 0) is 32.1 Å². The highest BCUT2D eigenvalue weighted by atomic mass is 16.6. The Kier molecular flexibility index (Phi) is 7.71. The minimum absolute atomic E-state index is 0.00480. The molecule has 34 heavy (non-hydrogen) atoms. The highest BCUT2D eigenvalue weighted by Gasteiger charge is 2.38. The van der Waals surface area contributed by atoms with E-state index in [2.05, 4.69) is 0 Å². The SMILES string of the molecule is O=C(C[C@H](CC(=O)N1C(=O)OC[C@@H]1Cc1ccccc1)c1ccccc1)OCc1ccccc1. The van der Waals surface area contributed by atoms with E-state index < -0.39 is 18.0 Å². The number of amides is 2. The molecule has 0 saturated carbocycles. The van der Waals surface area contributed by atoms with Crippen LogP contribution in [0.25, 0.3) is 0 Å². The normalized spacial score (nSPS) is 16.1. The number of hydrogen-bond acceptors (Lipinski definition) is 5. The lowest BCUT2D eigenvalue weighted by molar-refractivity contribution is -0.145. The zero-order valence-corrected chi connectivity index (χ0v) is 18.8. The van der Waals surface area contributed by atoms with Crippen molar-refractivity contribution in [2.24, 2.45) is 0 Å². The van der Waals surface area contributed by atoms with Gasteiger partial charge in [-0.05, 0) is 23.1 Å². The molecule has 2 amide bonds. The molecule has 6 nitrogen and oxygen atoms in total. The quantitative estimate of drug-likeness (QED) is 0.428. The Morgan fingerprint density at radius 1 is 0.853 bits per heavy atom. The van der Waals surface area contributed by atoms with Gasteiger partial charge in [-0.15, -0.1) is 0 Å². The fourth-order valence-electron chi connectivity index (χ4n) is 4.14. The first-order chi connectivity index (χ1) is 16.6. The monoisotopic (exact) mass is 457 g/mol. The second kappa shape index (κ2) is 11.3. The molecular weight excluding hydrogens is 430 g/mol. The Balaban J connectivity index is 1.44. The van der Waals surface area contributed by atoms with Gasteiger partial charge < -0.3 is 9.47 Å². The first kappa shape index (κ1) is 23.2.